The molecular weight excluding hydrogens is 456 g/mol. The molecule has 38 heavy (non-hydrogen) atoms. The molecule has 0 aromatic carbocycles. The highest BCUT2D eigenvalue weighted by atomic mass is 14.2. The van der Waals surface area contributed by atoms with Gasteiger partial charge in [-0.05, 0) is 11.8 Å². The molecule has 0 bridgehead atoms. The Morgan fingerprint density at radius 3 is 0.605 bits per heavy atom. The summed E-state index contributed by atoms with van der Waals surface area (Å²) >= 11 is 0. The molecule has 0 unspecified atom stereocenters. The van der Waals surface area contributed by atoms with Gasteiger partial charge < -0.3 is 0 Å². The van der Waals surface area contributed by atoms with Crippen LogP contribution in [0, 0.1) is 11.8 Å². The summed E-state index contributed by atoms with van der Waals surface area (Å²) in [6.07, 6.45) is 54.6. The van der Waals surface area contributed by atoms with Crippen LogP contribution in [0.15, 0.2) is 0 Å². The van der Waals surface area contributed by atoms with Crippen LogP contribution in [-0.2, 0) is 0 Å². The van der Waals surface area contributed by atoms with Crippen LogP contribution < -0.4 is 0 Å². The maximum Gasteiger partial charge on any atom is -0.0414 e. The largest absolute Gasteiger partial charge is 0.0533 e. The first-order valence-electron chi connectivity index (χ1n) is 18.9. The van der Waals surface area contributed by atoms with Gasteiger partial charge in [-0.1, -0.05) is 231 Å². The van der Waals surface area contributed by atoms with Crippen molar-refractivity contribution in [3.05, 3.63) is 0 Å². The predicted octanol–water partition coefficient (Wildman–Crippen LogP) is 14.3. The molecule has 0 aromatic rings. The Morgan fingerprint density at radius 2 is 0.395 bits per heavy atom. The molecule has 0 N–H and O–H groups in total. The highest BCUT2D eigenvalue weighted by Gasteiger charge is 2.11. The summed E-state index contributed by atoms with van der Waals surface area (Å²) in [6.45, 7) is 0. The molecular formula is C38H74. The molecule has 0 radical (unpaired) electrons. The maximum atomic E-state index is 1.55. The minimum atomic E-state index is 1.05. The zero-order valence-corrected chi connectivity index (χ0v) is 26.6. The van der Waals surface area contributed by atoms with E-state index in [-0.39, 0.29) is 0 Å². The second kappa shape index (κ2) is 27.2. The van der Waals surface area contributed by atoms with Gasteiger partial charge in [0.1, 0.15) is 0 Å². The van der Waals surface area contributed by atoms with Gasteiger partial charge in [0.05, 0.1) is 0 Å². The van der Waals surface area contributed by atoms with Crippen molar-refractivity contribution in [1.29, 1.82) is 0 Å². The highest BCUT2D eigenvalue weighted by molar-refractivity contribution is 4.65. The fourth-order valence-electron chi connectivity index (χ4n) is 7.71. The molecule has 0 heterocycles. The van der Waals surface area contributed by atoms with E-state index in [9.17, 15) is 0 Å². The van der Waals surface area contributed by atoms with Gasteiger partial charge in [0.25, 0.3) is 0 Å². The van der Waals surface area contributed by atoms with Crippen LogP contribution in [0.3, 0.4) is 0 Å². The van der Waals surface area contributed by atoms with E-state index >= 15 is 0 Å². The van der Waals surface area contributed by atoms with Crippen molar-refractivity contribution in [3.8, 4) is 0 Å². The van der Waals surface area contributed by atoms with Crippen molar-refractivity contribution >= 4 is 0 Å². The van der Waals surface area contributed by atoms with Crippen LogP contribution in [0.5, 0.6) is 0 Å². The van der Waals surface area contributed by atoms with Gasteiger partial charge in [0.15, 0.2) is 0 Å². The molecule has 0 nitrogen and oxygen atoms in total. The van der Waals surface area contributed by atoms with E-state index in [1.807, 2.05) is 0 Å². The summed E-state index contributed by atoms with van der Waals surface area (Å²) < 4.78 is 0. The third-order valence-electron chi connectivity index (χ3n) is 10.4. The van der Waals surface area contributed by atoms with E-state index < -0.39 is 0 Å². The van der Waals surface area contributed by atoms with Crippen molar-refractivity contribution in [2.45, 2.75) is 231 Å². The minimum absolute atomic E-state index is 1.05. The van der Waals surface area contributed by atoms with Gasteiger partial charge in [0.2, 0.25) is 0 Å². The maximum absolute atomic E-state index is 1.55. The van der Waals surface area contributed by atoms with Gasteiger partial charge in [-0.25, -0.2) is 0 Å². The molecule has 226 valence electrons. The monoisotopic (exact) mass is 531 g/mol. The van der Waals surface area contributed by atoms with Gasteiger partial charge in [0, 0.05) is 0 Å². The summed E-state index contributed by atoms with van der Waals surface area (Å²) in [5.41, 5.74) is 0. The summed E-state index contributed by atoms with van der Waals surface area (Å²) in [4.78, 5) is 0. The van der Waals surface area contributed by atoms with Crippen molar-refractivity contribution in [1.82, 2.24) is 0 Å². The Labute approximate surface area is 242 Å². The molecule has 2 rings (SSSR count). The second-order valence-corrected chi connectivity index (χ2v) is 14.1. The molecule has 0 aliphatic heterocycles. The Kier molecular flexibility index (Phi) is 24.5. The lowest BCUT2D eigenvalue weighted by Crippen LogP contribution is -2.03. The van der Waals surface area contributed by atoms with E-state index in [1.165, 1.54) is 193 Å². The second-order valence-electron chi connectivity index (χ2n) is 14.1. The van der Waals surface area contributed by atoms with E-state index in [1.54, 1.807) is 38.5 Å². The molecule has 0 spiro atoms. The molecule has 2 aliphatic carbocycles. The molecule has 2 aliphatic rings. The summed E-state index contributed by atoms with van der Waals surface area (Å²) in [5.74, 6) is 2.10. The zero-order valence-electron chi connectivity index (χ0n) is 26.6. The van der Waals surface area contributed by atoms with Crippen LogP contribution in [-0.4, -0.2) is 0 Å². The van der Waals surface area contributed by atoms with Gasteiger partial charge in [-0.15, -0.1) is 0 Å². The fourth-order valence-corrected chi connectivity index (χ4v) is 7.71. The number of unbranched alkanes of at least 4 members (excludes halogenated alkanes) is 3. The van der Waals surface area contributed by atoms with Crippen LogP contribution in [0.25, 0.3) is 0 Å². The van der Waals surface area contributed by atoms with Gasteiger partial charge in [-0.3, -0.25) is 0 Å². The van der Waals surface area contributed by atoms with E-state index in [4.69, 9.17) is 0 Å². The molecule has 0 aromatic heterocycles. The lowest BCUT2D eigenvalue weighted by atomic mass is 9.88. The van der Waals surface area contributed by atoms with Crippen LogP contribution >= 0.6 is 0 Å². The van der Waals surface area contributed by atoms with Crippen molar-refractivity contribution in [2.75, 3.05) is 0 Å². The molecule has 2 fully saturated rings. The lowest BCUT2D eigenvalue weighted by Gasteiger charge is -2.18. The molecule has 0 amide bonds. The first-order chi connectivity index (χ1) is 18.9. The molecule has 2 saturated carbocycles. The van der Waals surface area contributed by atoms with Gasteiger partial charge >= 0.3 is 0 Å². The molecule has 0 atom stereocenters. The Hall–Kier alpha value is 0. The Balaban J connectivity index is 1.58. The number of rotatable bonds is 7. The lowest BCUT2D eigenvalue weighted by molar-refractivity contribution is 0.350. The Bertz CT molecular complexity index is 379. The van der Waals surface area contributed by atoms with Crippen LogP contribution in [0.1, 0.15) is 231 Å². The first-order valence-corrected chi connectivity index (χ1v) is 18.9. The smallest absolute Gasteiger partial charge is 0.0414 e. The SMILES string of the molecule is C1CCCCCCCC(CCCCCCC2CCCCCCCCCCCCCCC2)CCCCCCC1. The first kappa shape index (κ1) is 34.2. The van der Waals surface area contributed by atoms with Gasteiger partial charge in [-0.2, -0.15) is 0 Å². The average Bonchev–Trinajstić information content (AvgIpc) is 2.92. The summed E-state index contributed by atoms with van der Waals surface area (Å²) in [5, 5.41) is 0. The standard InChI is InChI=1S/C38H74/c1-3-7-11-15-19-25-31-37(32-26-20-16-12-8-4-1)35-29-23-24-30-36-38-33-27-21-17-13-9-5-2-6-10-14-18-22-28-34-38/h37-38H,1-36H2. The number of hydrogen-bond acceptors (Lipinski definition) is 0. The zero-order chi connectivity index (χ0) is 26.6. The minimum Gasteiger partial charge on any atom is -0.0533 e. The van der Waals surface area contributed by atoms with Crippen molar-refractivity contribution in [2.24, 2.45) is 11.8 Å². The fraction of sp³-hybridized carbons (Fsp3) is 1.00. The highest BCUT2D eigenvalue weighted by Crippen LogP contribution is 2.27. The van der Waals surface area contributed by atoms with E-state index in [2.05, 4.69) is 0 Å². The predicted molar refractivity (Wildman–Crippen MR) is 173 cm³/mol. The third kappa shape index (κ3) is 21.8. The van der Waals surface area contributed by atoms with Crippen molar-refractivity contribution < 1.29 is 0 Å². The van der Waals surface area contributed by atoms with E-state index in [0.29, 0.717) is 0 Å². The third-order valence-corrected chi connectivity index (χ3v) is 10.4. The average molecular weight is 531 g/mol. The van der Waals surface area contributed by atoms with Crippen molar-refractivity contribution in [3.63, 3.8) is 0 Å². The summed E-state index contributed by atoms with van der Waals surface area (Å²) in [7, 11) is 0. The number of hydrogen-bond donors (Lipinski definition) is 0. The summed E-state index contributed by atoms with van der Waals surface area (Å²) in [6, 6.07) is 0. The van der Waals surface area contributed by atoms with Crippen LogP contribution in [0.2, 0.25) is 0 Å². The Morgan fingerprint density at radius 1 is 0.211 bits per heavy atom. The van der Waals surface area contributed by atoms with E-state index in [0.717, 1.165) is 11.8 Å². The molecule has 0 heteroatoms. The molecule has 0 saturated heterocycles. The normalized spacial score (nSPS) is 23.7. The van der Waals surface area contributed by atoms with Crippen LogP contribution in [0.4, 0.5) is 0 Å². The quantitative estimate of drug-likeness (QED) is 0.287. The topological polar surface area (TPSA) is 0 Å².